The van der Waals surface area contributed by atoms with Crippen LogP contribution in [0.4, 0.5) is 41.6 Å². The molecule has 0 aliphatic rings. The maximum absolute atomic E-state index is 13.1. The molecule has 8 aromatic rings. The predicted octanol–water partition coefficient (Wildman–Crippen LogP) is 12.7. The number of fused-ring (bicyclic) bond motifs is 6. The molecule has 0 fully saturated rings. The summed E-state index contributed by atoms with van der Waals surface area (Å²) < 4.78 is 52.1. The van der Waals surface area contributed by atoms with Crippen molar-refractivity contribution in [3.05, 3.63) is 138 Å². The molecule has 0 aliphatic carbocycles. The Balaban J connectivity index is 1.22. The van der Waals surface area contributed by atoms with Crippen molar-refractivity contribution in [1.82, 2.24) is 0 Å². The van der Waals surface area contributed by atoms with Crippen LogP contribution in [0.15, 0.2) is 124 Å². The van der Waals surface area contributed by atoms with Gasteiger partial charge in [0.05, 0.1) is 5.56 Å². The maximum atomic E-state index is 13.1. The highest BCUT2D eigenvalue weighted by Crippen LogP contribution is 2.42. The first-order chi connectivity index (χ1) is 23.0. The number of nitrogens with zero attached hydrogens (tertiary/aromatic N) is 2. The fraction of sp³-hybridized carbons (Fsp3) is 0.122. The molecule has 0 atom stereocenters. The van der Waals surface area contributed by atoms with Crippen molar-refractivity contribution < 1.29 is 22.0 Å². The van der Waals surface area contributed by atoms with Crippen molar-refractivity contribution in [2.75, 3.05) is 16.8 Å². The Morgan fingerprint density at radius 3 is 1.46 bits per heavy atom. The summed E-state index contributed by atoms with van der Waals surface area (Å²) in [6, 6.07) is 36.3. The fourth-order valence-corrected chi connectivity index (χ4v) is 6.62. The van der Waals surface area contributed by atoms with Gasteiger partial charge in [-0.1, -0.05) is 29.8 Å². The van der Waals surface area contributed by atoms with Gasteiger partial charge in [-0.15, -0.1) is 0 Å². The summed E-state index contributed by atoms with van der Waals surface area (Å²) in [7, 11) is 1.83. The van der Waals surface area contributed by atoms with Crippen molar-refractivity contribution >= 4 is 72.3 Å². The Labute approximate surface area is 275 Å². The summed E-state index contributed by atoms with van der Waals surface area (Å²) >= 11 is 0. The molecule has 8 rings (SSSR count). The Morgan fingerprint density at radius 1 is 0.479 bits per heavy atom. The molecule has 4 nitrogen and oxygen atoms in total. The van der Waals surface area contributed by atoms with Crippen molar-refractivity contribution in [3.8, 4) is 0 Å². The van der Waals surface area contributed by atoms with Crippen LogP contribution in [-0.2, 0) is 6.18 Å². The minimum absolute atomic E-state index is 0.640. The summed E-state index contributed by atoms with van der Waals surface area (Å²) in [5.74, 6) is 0. The SMILES string of the molecule is Cc1ccc(N(c2ccc3c(c2)oc2cc(C)ccc23)c2ccc3c(c2)oc2cc(N(C)c4ccc(C(F)(F)F)cc4)ccc23)c(C)c1. The van der Waals surface area contributed by atoms with Gasteiger partial charge in [0, 0.05) is 75.2 Å². The summed E-state index contributed by atoms with van der Waals surface area (Å²) in [6.07, 6.45) is -4.38. The second kappa shape index (κ2) is 10.9. The zero-order valence-electron chi connectivity index (χ0n) is 26.8. The maximum Gasteiger partial charge on any atom is 0.416 e. The van der Waals surface area contributed by atoms with E-state index in [1.807, 2.05) is 30.1 Å². The van der Waals surface area contributed by atoms with E-state index < -0.39 is 11.7 Å². The Bertz CT molecular complexity index is 2510. The van der Waals surface area contributed by atoms with E-state index >= 15 is 0 Å². The summed E-state index contributed by atoms with van der Waals surface area (Å²) in [5.41, 5.74) is 10.3. The van der Waals surface area contributed by atoms with Crippen LogP contribution in [0.1, 0.15) is 22.3 Å². The number of benzene rings is 6. The smallest absolute Gasteiger partial charge is 0.416 e. The zero-order chi connectivity index (χ0) is 33.3. The first-order valence-electron chi connectivity index (χ1n) is 15.7. The lowest BCUT2D eigenvalue weighted by Crippen LogP contribution is -2.11. The van der Waals surface area contributed by atoms with Gasteiger partial charge >= 0.3 is 6.18 Å². The quantitative estimate of drug-likeness (QED) is 0.187. The van der Waals surface area contributed by atoms with Gasteiger partial charge in [-0.25, -0.2) is 0 Å². The molecule has 0 spiro atoms. The van der Waals surface area contributed by atoms with Gasteiger partial charge in [-0.3, -0.25) is 0 Å². The molecule has 0 saturated carbocycles. The van der Waals surface area contributed by atoms with Gasteiger partial charge in [0.2, 0.25) is 0 Å². The number of hydrogen-bond donors (Lipinski definition) is 0. The van der Waals surface area contributed by atoms with Crippen LogP contribution in [0.2, 0.25) is 0 Å². The lowest BCUT2D eigenvalue weighted by molar-refractivity contribution is -0.137. The molecule has 238 valence electrons. The van der Waals surface area contributed by atoms with Crippen molar-refractivity contribution in [1.29, 1.82) is 0 Å². The largest absolute Gasteiger partial charge is 0.456 e. The third-order valence-electron chi connectivity index (χ3n) is 9.13. The van der Waals surface area contributed by atoms with E-state index in [0.29, 0.717) is 11.3 Å². The summed E-state index contributed by atoms with van der Waals surface area (Å²) in [5, 5.41) is 4.09. The molecule has 6 aromatic carbocycles. The molecule has 2 aromatic heterocycles. The lowest BCUT2D eigenvalue weighted by Gasteiger charge is -2.27. The lowest BCUT2D eigenvalue weighted by atomic mass is 10.1. The van der Waals surface area contributed by atoms with Gasteiger partial charge in [-0.2, -0.15) is 13.2 Å². The fourth-order valence-electron chi connectivity index (χ4n) is 6.62. The van der Waals surface area contributed by atoms with E-state index in [1.165, 1.54) is 17.7 Å². The van der Waals surface area contributed by atoms with Gasteiger partial charge in [-0.05, 0) is 105 Å². The highest BCUT2D eigenvalue weighted by molar-refractivity contribution is 6.08. The zero-order valence-corrected chi connectivity index (χ0v) is 26.8. The van der Waals surface area contributed by atoms with Gasteiger partial charge in [0.15, 0.2) is 0 Å². The third kappa shape index (κ3) is 5.03. The van der Waals surface area contributed by atoms with E-state index in [4.69, 9.17) is 8.83 Å². The Kier molecular flexibility index (Phi) is 6.77. The molecule has 0 saturated heterocycles. The highest BCUT2D eigenvalue weighted by atomic mass is 19.4. The molecule has 0 aliphatic heterocycles. The number of halogens is 3. The average Bonchev–Trinajstić information content (AvgIpc) is 3.61. The van der Waals surface area contributed by atoms with Crippen molar-refractivity contribution in [2.45, 2.75) is 26.9 Å². The van der Waals surface area contributed by atoms with E-state index in [1.54, 1.807) is 0 Å². The minimum Gasteiger partial charge on any atom is -0.456 e. The van der Waals surface area contributed by atoms with Crippen LogP contribution in [0.25, 0.3) is 43.9 Å². The molecule has 0 unspecified atom stereocenters. The third-order valence-corrected chi connectivity index (χ3v) is 9.13. The van der Waals surface area contributed by atoms with Crippen molar-refractivity contribution in [3.63, 3.8) is 0 Å². The molecule has 7 heteroatoms. The van der Waals surface area contributed by atoms with Crippen LogP contribution in [-0.4, -0.2) is 7.05 Å². The molecule has 0 N–H and O–H groups in total. The van der Waals surface area contributed by atoms with Gasteiger partial charge in [0.1, 0.15) is 22.3 Å². The van der Waals surface area contributed by atoms with Crippen LogP contribution < -0.4 is 9.80 Å². The molecule has 0 amide bonds. The Hall–Kier alpha value is -5.69. The second-order valence-electron chi connectivity index (χ2n) is 12.5. The second-order valence-corrected chi connectivity index (χ2v) is 12.5. The normalized spacial score (nSPS) is 12.1. The topological polar surface area (TPSA) is 32.8 Å². The van der Waals surface area contributed by atoms with E-state index in [9.17, 15) is 13.2 Å². The van der Waals surface area contributed by atoms with Crippen molar-refractivity contribution in [2.24, 2.45) is 0 Å². The number of alkyl halides is 3. The van der Waals surface area contributed by atoms with Crippen LogP contribution >= 0.6 is 0 Å². The number of hydrogen-bond acceptors (Lipinski definition) is 4. The van der Waals surface area contributed by atoms with Crippen LogP contribution in [0.5, 0.6) is 0 Å². The number of rotatable bonds is 5. The van der Waals surface area contributed by atoms with E-state index in [-0.39, 0.29) is 0 Å². The predicted molar refractivity (Wildman–Crippen MR) is 189 cm³/mol. The molecule has 0 bridgehead atoms. The number of aryl methyl sites for hydroxylation is 3. The summed E-state index contributed by atoms with van der Waals surface area (Å²) in [6.45, 7) is 6.27. The molecular formula is C41H31F3N2O2. The van der Waals surface area contributed by atoms with E-state index in [0.717, 1.165) is 84.3 Å². The van der Waals surface area contributed by atoms with Crippen LogP contribution in [0.3, 0.4) is 0 Å². The van der Waals surface area contributed by atoms with E-state index in [2.05, 4.69) is 98.5 Å². The Morgan fingerprint density at radius 2 is 0.917 bits per heavy atom. The molecular weight excluding hydrogens is 609 g/mol. The first kappa shape index (κ1) is 29.7. The van der Waals surface area contributed by atoms with Gasteiger partial charge in [0.25, 0.3) is 0 Å². The number of furan rings is 2. The molecule has 0 radical (unpaired) electrons. The van der Waals surface area contributed by atoms with Crippen LogP contribution in [0, 0.1) is 20.8 Å². The summed E-state index contributed by atoms with van der Waals surface area (Å²) in [4.78, 5) is 4.07. The molecule has 48 heavy (non-hydrogen) atoms. The number of anilines is 5. The van der Waals surface area contributed by atoms with Gasteiger partial charge < -0.3 is 18.6 Å². The minimum atomic E-state index is -4.38. The highest BCUT2D eigenvalue weighted by Gasteiger charge is 2.30. The average molecular weight is 641 g/mol. The first-order valence-corrected chi connectivity index (χ1v) is 15.7. The monoisotopic (exact) mass is 640 g/mol. The standard InChI is InChI=1S/C41H31F3N2O2/c1-24-6-18-36(26(3)19-24)46(30-12-16-34-32-14-5-25(2)20-37(32)47-39(34)22-30)31-13-17-35-33-15-11-29(21-38(33)48-40(35)23-31)45(4)28-9-7-27(8-10-28)41(42,43)44/h5-23H,1-4H3. The molecule has 2 heterocycles.